The Balaban J connectivity index is 0.000000671. The molecule has 1 atom stereocenters. The Hall–Kier alpha value is -0.530. The van der Waals surface area contributed by atoms with Crippen LogP contribution in [-0.2, 0) is 4.84 Å². The summed E-state index contributed by atoms with van der Waals surface area (Å²) in [6.45, 7) is 11.4. The van der Waals surface area contributed by atoms with Gasteiger partial charge in [-0.2, -0.15) is 0 Å². The molecule has 0 bridgehead atoms. The second-order valence-corrected chi connectivity index (χ2v) is 4.00. The highest BCUT2D eigenvalue weighted by molar-refractivity contribution is 5.64. The standard InChI is InChI=1S/C9H17NO.C2H6/c1-4-8-5-9(2,3)7-10-11-6-8;1-2/h7-8H,4-6H2,1-3H3;1-2H3. The maximum Gasteiger partial charge on any atom is 0.120 e. The van der Waals surface area contributed by atoms with Crippen LogP contribution in [0, 0.1) is 11.3 Å². The molecular weight excluding hydrogens is 162 g/mol. The van der Waals surface area contributed by atoms with Gasteiger partial charge in [0.05, 0.1) is 0 Å². The van der Waals surface area contributed by atoms with Gasteiger partial charge >= 0.3 is 0 Å². The lowest BCUT2D eigenvalue weighted by Gasteiger charge is -2.20. The van der Waals surface area contributed by atoms with E-state index in [2.05, 4.69) is 25.9 Å². The van der Waals surface area contributed by atoms with Crippen molar-refractivity contribution in [2.75, 3.05) is 6.61 Å². The van der Waals surface area contributed by atoms with Gasteiger partial charge in [0.15, 0.2) is 0 Å². The summed E-state index contributed by atoms with van der Waals surface area (Å²) < 4.78 is 0. The third-order valence-corrected chi connectivity index (χ3v) is 2.18. The summed E-state index contributed by atoms with van der Waals surface area (Å²) in [4.78, 5) is 5.10. The molecule has 0 aromatic heterocycles. The number of hydrogen-bond acceptors (Lipinski definition) is 2. The molecular formula is C11H23NO. The third-order valence-electron chi connectivity index (χ3n) is 2.18. The SMILES string of the molecule is CC.CCC1CON=CC(C)(C)C1. The fourth-order valence-electron chi connectivity index (χ4n) is 1.45. The van der Waals surface area contributed by atoms with Crippen LogP contribution in [0.5, 0.6) is 0 Å². The van der Waals surface area contributed by atoms with E-state index in [1.54, 1.807) is 0 Å². The lowest BCUT2D eigenvalue weighted by atomic mass is 9.83. The first-order valence-corrected chi connectivity index (χ1v) is 5.30. The fourth-order valence-corrected chi connectivity index (χ4v) is 1.45. The molecule has 2 heteroatoms. The van der Waals surface area contributed by atoms with Gasteiger partial charge in [0.1, 0.15) is 6.61 Å². The molecule has 1 rings (SSSR count). The van der Waals surface area contributed by atoms with Gasteiger partial charge in [0.25, 0.3) is 0 Å². The molecule has 1 aliphatic heterocycles. The van der Waals surface area contributed by atoms with Gasteiger partial charge in [0, 0.05) is 11.6 Å². The molecule has 0 spiro atoms. The van der Waals surface area contributed by atoms with Gasteiger partial charge in [-0.05, 0) is 18.8 Å². The predicted octanol–water partition coefficient (Wildman–Crippen LogP) is 3.47. The van der Waals surface area contributed by atoms with E-state index < -0.39 is 0 Å². The highest BCUT2D eigenvalue weighted by Crippen LogP contribution is 2.27. The molecule has 1 heterocycles. The monoisotopic (exact) mass is 185 g/mol. The minimum absolute atomic E-state index is 0.219. The quantitative estimate of drug-likeness (QED) is 0.613. The van der Waals surface area contributed by atoms with Crippen molar-refractivity contribution >= 4 is 6.21 Å². The fraction of sp³-hybridized carbons (Fsp3) is 0.909. The van der Waals surface area contributed by atoms with Crippen LogP contribution in [0.25, 0.3) is 0 Å². The Kier molecular flexibility index (Phi) is 5.76. The molecule has 13 heavy (non-hydrogen) atoms. The Morgan fingerprint density at radius 2 is 2.08 bits per heavy atom. The van der Waals surface area contributed by atoms with Gasteiger partial charge in [0.2, 0.25) is 0 Å². The maximum atomic E-state index is 5.10. The first-order chi connectivity index (χ1) is 6.14. The summed E-state index contributed by atoms with van der Waals surface area (Å²) in [6.07, 6.45) is 4.29. The molecule has 78 valence electrons. The molecule has 0 fully saturated rings. The van der Waals surface area contributed by atoms with Crippen LogP contribution in [0.3, 0.4) is 0 Å². The first kappa shape index (κ1) is 12.5. The van der Waals surface area contributed by atoms with Crippen LogP contribution in [-0.4, -0.2) is 12.8 Å². The summed E-state index contributed by atoms with van der Waals surface area (Å²) in [5.74, 6) is 0.674. The van der Waals surface area contributed by atoms with Gasteiger partial charge in [-0.15, -0.1) is 0 Å². The molecule has 0 aliphatic carbocycles. The first-order valence-electron chi connectivity index (χ1n) is 5.30. The molecule has 0 radical (unpaired) electrons. The van der Waals surface area contributed by atoms with Crippen molar-refractivity contribution in [3.8, 4) is 0 Å². The van der Waals surface area contributed by atoms with Gasteiger partial charge in [-0.25, -0.2) is 0 Å². The zero-order valence-corrected chi connectivity index (χ0v) is 9.63. The van der Waals surface area contributed by atoms with Crippen LogP contribution < -0.4 is 0 Å². The van der Waals surface area contributed by atoms with Crippen LogP contribution in [0.15, 0.2) is 5.16 Å². The number of rotatable bonds is 1. The Labute approximate surface area is 82.4 Å². The van der Waals surface area contributed by atoms with Gasteiger partial charge in [-0.1, -0.05) is 39.8 Å². The third kappa shape index (κ3) is 4.91. The topological polar surface area (TPSA) is 21.6 Å². The molecule has 0 N–H and O–H groups in total. The Bertz CT molecular complexity index is 152. The van der Waals surface area contributed by atoms with E-state index in [0.717, 1.165) is 6.61 Å². The van der Waals surface area contributed by atoms with E-state index >= 15 is 0 Å². The van der Waals surface area contributed by atoms with Crippen molar-refractivity contribution in [3.63, 3.8) is 0 Å². The molecule has 0 amide bonds. The highest BCUT2D eigenvalue weighted by Gasteiger charge is 2.23. The lowest BCUT2D eigenvalue weighted by Crippen LogP contribution is -2.17. The second kappa shape index (κ2) is 6.01. The molecule has 2 nitrogen and oxygen atoms in total. The highest BCUT2D eigenvalue weighted by atomic mass is 16.6. The van der Waals surface area contributed by atoms with Crippen molar-refractivity contribution in [3.05, 3.63) is 0 Å². The average molecular weight is 185 g/mol. The van der Waals surface area contributed by atoms with Crippen LogP contribution >= 0.6 is 0 Å². The van der Waals surface area contributed by atoms with Crippen molar-refractivity contribution in [1.82, 2.24) is 0 Å². The van der Waals surface area contributed by atoms with E-state index in [1.807, 2.05) is 20.1 Å². The van der Waals surface area contributed by atoms with E-state index in [9.17, 15) is 0 Å². The van der Waals surface area contributed by atoms with Gasteiger partial charge < -0.3 is 4.84 Å². The van der Waals surface area contributed by atoms with Crippen LogP contribution in [0.1, 0.15) is 47.5 Å². The molecule has 0 saturated carbocycles. The largest absolute Gasteiger partial charge is 0.396 e. The summed E-state index contributed by atoms with van der Waals surface area (Å²) in [5.41, 5.74) is 0.219. The lowest BCUT2D eigenvalue weighted by molar-refractivity contribution is 0.107. The number of oxime groups is 1. The summed E-state index contributed by atoms with van der Waals surface area (Å²) >= 11 is 0. The van der Waals surface area contributed by atoms with Crippen LogP contribution in [0.4, 0.5) is 0 Å². The van der Waals surface area contributed by atoms with E-state index in [0.29, 0.717) is 5.92 Å². The van der Waals surface area contributed by atoms with E-state index in [1.165, 1.54) is 12.8 Å². The van der Waals surface area contributed by atoms with Crippen molar-refractivity contribution < 1.29 is 4.84 Å². The zero-order chi connectivity index (χ0) is 10.3. The number of nitrogens with zero attached hydrogens (tertiary/aromatic N) is 1. The van der Waals surface area contributed by atoms with E-state index in [-0.39, 0.29) is 5.41 Å². The molecule has 1 unspecified atom stereocenters. The van der Waals surface area contributed by atoms with Crippen LogP contribution in [0.2, 0.25) is 0 Å². The maximum absolute atomic E-state index is 5.10. The average Bonchev–Trinajstić information content (AvgIpc) is 2.29. The normalized spacial score (nSPS) is 25.2. The summed E-state index contributed by atoms with van der Waals surface area (Å²) in [7, 11) is 0. The molecule has 0 aromatic carbocycles. The Morgan fingerprint density at radius 1 is 1.46 bits per heavy atom. The van der Waals surface area contributed by atoms with E-state index in [4.69, 9.17) is 4.84 Å². The Morgan fingerprint density at radius 3 is 2.62 bits per heavy atom. The minimum atomic E-state index is 0.219. The summed E-state index contributed by atoms with van der Waals surface area (Å²) in [5, 5.41) is 3.90. The smallest absolute Gasteiger partial charge is 0.120 e. The second-order valence-electron chi connectivity index (χ2n) is 4.00. The predicted molar refractivity (Wildman–Crippen MR) is 58.0 cm³/mol. The number of hydrogen-bond donors (Lipinski definition) is 0. The van der Waals surface area contributed by atoms with Crippen molar-refractivity contribution in [2.45, 2.75) is 47.5 Å². The molecule has 1 aliphatic rings. The minimum Gasteiger partial charge on any atom is -0.396 e. The van der Waals surface area contributed by atoms with Crippen molar-refractivity contribution in [1.29, 1.82) is 0 Å². The van der Waals surface area contributed by atoms with Gasteiger partial charge in [-0.3, -0.25) is 0 Å². The zero-order valence-electron chi connectivity index (χ0n) is 9.63. The molecule has 0 aromatic rings. The molecule has 0 saturated heterocycles. The van der Waals surface area contributed by atoms with Crippen molar-refractivity contribution in [2.24, 2.45) is 16.5 Å². The summed E-state index contributed by atoms with van der Waals surface area (Å²) in [6, 6.07) is 0.